The fraction of sp³-hybridized carbons (Fsp3) is 0.385. The molecule has 2 heterocycles. The Hall–Kier alpha value is -1.07. The van der Waals surface area contributed by atoms with E-state index >= 15 is 0 Å². The molecule has 0 fully saturated rings. The number of aromatic nitrogens is 2. The fourth-order valence-electron chi connectivity index (χ4n) is 1.46. The summed E-state index contributed by atoms with van der Waals surface area (Å²) in [6.45, 7) is 5.15. The highest BCUT2D eigenvalue weighted by atomic mass is 32.2. The van der Waals surface area contributed by atoms with Crippen molar-refractivity contribution in [2.45, 2.75) is 30.4 Å². The molecule has 0 amide bonds. The van der Waals surface area contributed by atoms with E-state index in [1.54, 1.807) is 23.1 Å². The van der Waals surface area contributed by atoms with E-state index < -0.39 is 0 Å². The van der Waals surface area contributed by atoms with Crippen LogP contribution in [0.15, 0.2) is 28.0 Å². The third kappa shape index (κ3) is 3.99. The molecule has 3 nitrogen and oxygen atoms in total. The zero-order valence-electron chi connectivity index (χ0n) is 10.6. The van der Waals surface area contributed by atoms with Crippen LogP contribution >= 0.6 is 23.1 Å². The molecular formula is C13H17N3S2. The molecule has 18 heavy (non-hydrogen) atoms. The Morgan fingerprint density at radius 1 is 1.44 bits per heavy atom. The Morgan fingerprint density at radius 2 is 2.33 bits per heavy atom. The van der Waals surface area contributed by atoms with Gasteiger partial charge in [-0.2, -0.15) is 0 Å². The summed E-state index contributed by atoms with van der Waals surface area (Å²) in [6, 6.07) is 4.17. The van der Waals surface area contributed by atoms with Gasteiger partial charge in [0.1, 0.15) is 10.2 Å². The molecule has 0 saturated heterocycles. The van der Waals surface area contributed by atoms with Crippen molar-refractivity contribution in [2.75, 3.05) is 11.9 Å². The minimum Gasteiger partial charge on any atom is -0.370 e. The van der Waals surface area contributed by atoms with Gasteiger partial charge in [-0.05, 0) is 31.0 Å². The smallest absolute Gasteiger partial charge is 0.150 e. The van der Waals surface area contributed by atoms with Gasteiger partial charge < -0.3 is 5.32 Å². The van der Waals surface area contributed by atoms with E-state index in [4.69, 9.17) is 0 Å². The van der Waals surface area contributed by atoms with E-state index in [1.165, 1.54) is 5.56 Å². The van der Waals surface area contributed by atoms with Crippen LogP contribution < -0.4 is 5.32 Å². The summed E-state index contributed by atoms with van der Waals surface area (Å²) in [5.41, 5.74) is 2.38. The van der Waals surface area contributed by atoms with E-state index in [9.17, 15) is 0 Å². The van der Waals surface area contributed by atoms with Gasteiger partial charge in [0.25, 0.3) is 0 Å². The van der Waals surface area contributed by atoms with Gasteiger partial charge in [0, 0.05) is 29.6 Å². The van der Waals surface area contributed by atoms with E-state index in [0.29, 0.717) is 0 Å². The first kappa shape index (κ1) is 13.4. The second-order valence-corrected chi connectivity index (χ2v) is 6.10. The van der Waals surface area contributed by atoms with Crippen LogP contribution in [0.5, 0.6) is 0 Å². The van der Waals surface area contributed by atoms with Gasteiger partial charge in [0.05, 0.1) is 0 Å². The molecule has 0 spiro atoms. The SMILES string of the molecule is CCCNc1cc(CSc2nc(C)cs2)ccn1. The lowest BCUT2D eigenvalue weighted by atomic mass is 10.3. The maximum Gasteiger partial charge on any atom is 0.150 e. The van der Waals surface area contributed by atoms with Crippen LogP contribution in [-0.4, -0.2) is 16.5 Å². The molecule has 2 aromatic heterocycles. The summed E-state index contributed by atoms with van der Waals surface area (Å²) in [7, 11) is 0. The van der Waals surface area contributed by atoms with Crippen LogP contribution in [0, 0.1) is 6.92 Å². The average molecular weight is 279 g/mol. The highest BCUT2D eigenvalue weighted by Crippen LogP contribution is 2.26. The second kappa shape index (κ2) is 6.75. The lowest BCUT2D eigenvalue weighted by Crippen LogP contribution is -2.01. The lowest BCUT2D eigenvalue weighted by Gasteiger charge is -2.05. The number of thioether (sulfide) groups is 1. The number of hydrogen-bond acceptors (Lipinski definition) is 5. The topological polar surface area (TPSA) is 37.8 Å². The molecule has 2 aromatic rings. The maximum absolute atomic E-state index is 4.45. The van der Waals surface area contributed by atoms with Crippen LogP contribution in [0.3, 0.4) is 0 Å². The monoisotopic (exact) mass is 279 g/mol. The largest absolute Gasteiger partial charge is 0.370 e. The summed E-state index contributed by atoms with van der Waals surface area (Å²) in [5.74, 6) is 1.90. The Kier molecular flexibility index (Phi) is 5.01. The first-order valence-electron chi connectivity index (χ1n) is 6.01. The van der Waals surface area contributed by atoms with Gasteiger partial charge in [-0.25, -0.2) is 9.97 Å². The average Bonchev–Trinajstić information content (AvgIpc) is 2.80. The molecule has 0 unspecified atom stereocenters. The van der Waals surface area contributed by atoms with Crippen molar-refractivity contribution >= 4 is 28.9 Å². The Morgan fingerprint density at radius 3 is 3.06 bits per heavy atom. The summed E-state index contributed by atoms with van der Waals surface area (Å²) in [4.78, 5) is 8.75. The minimum atomic E-state index is 0.941. The van der Waals surface area contributed by atoms with Crippen molar-refractivity contribution in [3.05, 3.63) is 35.0 Å². The number of hydrogen-bond donors (Lipinski definition) is 1. The number of thiazole rings is 1. The van der Waals surface area contributed by atoms with Crippen LogP contribution in [0.25, 0.3) is 0 Å². The van der Waals surface area contributed by atoms with Gasteiger partial charge in [-0.1, -0.05) is 18.7 Å². The van der Waals surface area contributed by atoms with Crippen LogP contribution in [0.2, 0.25) is 0 Å². The van der Waals surface area contributed by atoms with Crippen molar-refractivity contribution in [2.24, 2.45) is 0 Å². The molecule has 96 valence electrons. The van der Waals surface area contributed by atoms with Gasteiger partial charge in [-0.3, -0.25) is 0 Å². The lowest BCUT2D eigenvalue weighted by molar-refractivity contribution is 0.968. The number of nitrogens with zero attached hydrogens (tertiary/aromatic N) is 2. The first-order valence-corrected chi connectivity index (χ1v) is 7.88. The normalized spacial score (nSPS) is 10.6. The van der Waals surface area contributed by atoms with Crippen molar-refractivity contribution in [1.82, 2.24) is 9.97 Å². The maximum atomic E-state index is 4.45. The second-order valence-electron chi connectivity index (χ2n) is 4.02. The zero-order chi connectivity index (χ0) is 12.8. The summed E-state index contributed by atoms with van der Waals surface area (Å²) < 4.78 is 1.13. The molecule has 0 aliphatic rings. The number of aryl methyl sites for hydroxylation is 1. The molecule has 1 N–H and O–H groups in total. The highest BCUT2D eigenvalue weighted by Gasteiger charge is 2.02. The molecule has 2 rings (SSSR count). The molecular weight excluding hydrogens is 262 g/mol. The highest BCUT2D eigenvalue weighted by molar-refractivity contribution is 8.00. The predicted molar refractivity (Wildman–Crippen MR) is 79.4 cm³/mol. The number of anilines is 1. The zero-order valence-corrected chi connectivity index (χ0v) is 12.3. The summed E-state index contributed by atoms with van der Waals surface area (Å²) >= 11 is 3.49. The van der Waals surface area contributed by atoms with E-state index in [1.807, 2.05) is 13.1 Å². The number of pyridine rings is 1. The van der Waals surface area contributed by atoms with E-state index in [0.717, 1.165) is 34.6 Å². The number of nitrogens with one attached hydrogen (secondary N) is 1. The fourth-order valence-corrected chi connectivity index (χ4v) is 3.25. The Bertz CT molecular complexity index is 496. The first-order chi connectivity index (χ1) is 8.78. The predicted octanol–water partition coefficient (Wildman–Crippen LogP) is 3.96. The van der Waals surface area contributed by atoms with Crippen molar-refractivity contribution < 1.29 is 0 Å². The third-order valence-corrected chi connectivity index (χ3v) is 4.55. The van der Waals surface area contributed by atoms with Crippen molar-refractivity contribution in [1.29, 1.82) is 0 Å². The molecule has 0 bridgehead atoms. The Balaban J connectivity index is 1.92. The van der Waals surface area contributed by atoms with Gasteiger partial charge in [0.2, 0.25) is 0 Å². The van der Waals surface area contributed by atoms with Crippen molar-refractivity contribution in [3.8, 4) is 0 Å². The van der Waals surface area contributed by atoms with Crippen molar-refractivity contribution in [3.63, 3.8) is 0 Å². The van der Waals surface area contributed by atoms with Crippen LogP contribution in [-0.2, 0) is 5.75 Å². The molecule has 0 radical (unpaired) electrons. The van der Waals surface area contributed by atoms with Gasteiger partial charge in [0.15, 0.2) is 0 Å². The summed E-state index contributed by atoms with van der Waals surface area (Å²) in [5, 5.41) is 5.39. The van der Waals surface area contributed by atoms with E-state index in [2.05, 4.69) is 39.7 Å². The molecule has 0 aliphatic carbocycles. The van der Waals surface area contributed by atoms with Gasteiger partial charge >= 0.3 is 0 Å². The summed E-state index contributed by atoms with van der Waals surface area (Å²) in [6.07, 6.45) is 2.97. The quantitative estimate of drug-likeness (QED) is 0.812. The minimum absolute atomic E-state index is 0.941. The van der Waals surface area contributed by atoms with Gasteiger partial charge in [-0.15, -0.1) is 11.3 Å². The molecule has 0 saturated carbocycles. The molecule has 0 aromatic carbocycles. The molecule has 0 aliphatic heterocycles. The molecule has 0 atom stereocenters. The molecule has 5 heteroatoms. The number of rotatable bonds is 6. The standard InChI is InChI=1S/C13H17N3S2/c1-3-5-14-12-7-11(4-6-15-12)9-18-13-16-10(2)8-17-13/h4,6-8H,3,5,9H2,1-2H3,(H,14,15). The Labute approximate surface area is 116 Å². The van der Waals surface area contributed by atoms with Crippen LogP contribution in [0.4, 0.5) is 5.82 Å². The van der Waals surface area contributed by atoms with E-state index in [-0.39, 0.29) is 0 Å². The van der Waals surface area contributed by atoms with Crippen LogP contribution in [0.1, 0.15) is 24.6 Å². The third-order valence-electron chi connectivity index (χ3n) is 2.34.